The number of rotatable bonds is 2. The zero-order valence-corrected chi connectivity index (χ0v) is 10.6. The maximum Gasteiger partial charge on any atom is 0.317 e. The van der Waals surface area contributed by atoms with Crippen molar-refractivity contribution in [2.45, 2.75) is 44.6 Å². The van der Waals surface area contributed by atoms with E-state index in [0.29, 0.717) is 17.9 Å². The van der Waals surface area contributed by atoms with Crippen LogP contribution in [0.5, 0.6) is 0 Å². The van der Waals surface area contributed by atoms with Crippen molar-refractivity contribution in [2.75, 3.05) is 13.1 Å². The summed E-state index contributed by atoms with van der Waals surface area (Å²) in [5.41, 5.74) is 0. The highest BCUT2D eigenvalue weighted by Crippen LogP contribution is 2.26. The van der Waals surface area contributed by atoms with E-state index in [9.17, 15) is 4.79 Å². The Morgan fingerprint density at radius 1 is 1.33 bits per heavy atom. The number of piperidine rings is 1. The van der Waals surface area contributed by atoms with E-state index in [1.807, 2.05) is 4.90 Å². The van der Waals surface area contributed by atoms with Crippen LogP contribution in [-0.4, -0.2) is 40.2 Å². The summed E-state index contributed by atoms with van der Waals surface area (Å²) >= 11 is 0. The number of aromatic nitrogens is 2. The van der Waals surface area contributed by atoms with Crippen LogP contribution < -0.4 is 5.32 Å². The molecule has 18 heavy (non-hydrogen) atoms. The number of likely N-dealkylation sites (tertiary alicyclic amines) is 1. The highest BCUT2D eigenvalue weighted by atomic mass is 16.5. The van der Waals surface area contributed by atoms with Crippen molar-refractivity contribution in [3.63, 3.8) is 0 Å². The molecule has 6 heteroatoms. The molecule has 1 saturated carbocycles. The average Bonchev–Trinajstić information content (AvgIpc) is 3.09. The fourth-order valence-electron chi connectivity index (χ4n) is 2.32. The minimum atomic E-state index is 0.0836. The lowest BCUT2D eigenvalue weighted by Gasteiger charge is -2.30. The third kappa shape index (κ3) is 2.47. The fourth-order valence-corrected chi connectivity index (χ4v) is 2.32. The summed E-state index contributed by atoms with van der Waals surface area (Å²) in [6.45, 7) is 3.35. The van der Waals surface area contributed by atoms with Crippen molar-refractivity contribution in [3.05, 3.63) is 11.7 Å². The van der Waals surface area contributed by atoms with Crippen LogP contribution in [0.1, 0.15) is 43.3 Å². The zero-order valence-electron chi connectivity index (χ0n) is 10.6. The molecule has 0 bridgehead atoms. The van der Waals surface area contributed by atoms with Gasteiger partial charge in [-0.2, -0.15) is 4.98 Å². The predicted octanol–water partition coefficient (Wildman–Crippen LogP) is 1.43. The van der Waals surface area contributed by atoms with E-state index >= 15 is 0 Å². The first-order valence-corrected chi connectivity index (χ1v) is 6.58. The first-order valence-electron chi connectivity index (χ1n) is 6.58. The number of amides is 2. The molecular formula is C12H18N4O2. The first-order chi connectivity index (χ1) is 8.72. The molecule has 2 fully saturated rings. The van der Waals surface area contributed by atoms with E-state index in [4.69, 9.17) is 4.52 Å². The summed E-state index contributed by atoms with van der Waals surface area (Å²) in [7, 11) is 0. The Kier molecular flexibility index (Phi) is 2.93. The molecule has 2 heterocycles. The van der Waals surface area contributed by atoms with Gasteiger partial charge < -0.3 is 14.7 Å². The molecule has 1 aromatic heterocycles. The lowest BCUT2D eigenvalue weighted by atomic mass is 9.96. The second-order valence-corrected chi connectivity index (χ2v) is 5.16. The number of carbonyl (C=O) groups excluding carboxylic acids is 1. The zero-order chi connectivity index (χ0) is 12.5. The molecular weight excluding hydrogens is 232 g/mol. The van der Waals surface area contributed by atoms with Crippen LogP contribution >= 0.6 is 0 Å². The predicted molar refractivity (Wildman–Crippen MR) is 64.1 cm³/mol. The van der Waals surface area contributed by atoms with Gasteiger partial charge in [-0.1, -0.05) is 5.16 Å². The molecule has 0 spiro atoms. The average molecular weight is 250 g/mol. The maximum atomic E-state index is 11.9. The SMILES string of the molecule is Cc1nc(C2CCN(C(=O)NC3CC3)CC2)no1. The van der Waals surface area contributed by atoms with Gasteiger partial charge in [0.05, 0.1) is 0 Å². The summed E-state index contributed by atoms with van der Waals surface area (Å²) in [6.07, 6.45) is 4.09. The molecule has 0 aromatic carbocycles. The molecule has 2 amide bonds. The van der Waals surface area contributed by atoms with Crippen molar-refractivity contribution in [2.24, 2.45) is 0 Å². The Balaban J connectivity index is 1.52. The van der Waals surface area contributed by atoms with E-state index in [1.165, 1.54) is 0 Å². The standard InChI is InChI=1S/C12H18N4O2/c1-8-13-11(15-18-8)9-4-6-16(7-5-9)12(17)14-10-2-3-10/h9-10H,2-7H2,1H3,(H,14,17). The number of urea groups is 1. The maximum absolute atomic E-state index is 11.9. The summed E-state index contributed by atoms with van der Waals surface area (Å²) in [6, 6.07) is 0.510. The van der Waals surface area contributed by atoms with E-state index in [-0.39, 0.29) is 6.03 Å². The molecule has 1 aliphatic heterocycles. The lowest BCUT2D eigenvalue weighted by Crippen LogP contribution is -2.44. The van der Waals surface area contributed by atoms with Crippen molar-refractivity contribution in [3.8, 4) is 0 Å². The van der Waals surface area contributed by atoms with Crippen LogP contribution in [-0.2, 0) is 0 Å². The van der Waals surface area contributed by atoms with Gasteiger partial charge in [-0.25, -0.2) is 4.79 Å². The van der Waals surface area contributed by atoms with E-state index in [2.05, 4.69) is 15.5 Å². The van der Waals surface area contributed by atoms with Gasteiger partial charge in [-0.3, -0.25) is 0 Å². The van der Waals surface area contributed by atoms with Crippen LogP contribution in [0.2, 0.25) is 0 Å². The molecule has 1 aliphatic carbocycles. The van der Waals surface area contributed by atoms with Crippen molar-refractivity contribution < 1.29 is 9.32 Å². The smallest absolute Gasteiger partial charge is 0.317 e. The third-order valence-corrected chi connectivity index (χ3v) is 3.60. The van der Waals surface area contributed by atoms with Crippen LogP contribution in [0.15, 0.2) is 4.52 Å². The van der Waals surface area contributed by atoms with Crippen molar-refractivity contribution >= 4 is 6.03 Å². The van der Waals surface area contributed by atoms with Gasteiger partial charge >= 0.3 is 6.03 Å². The molecule has 1 saturated heterocycles. The Hall–Kier alpha value is -1.59. The minimum Gasteiger partial charge on any atom is -0.340 e. The van der Waals surface area contributed by atoms with Gasteiger partial charge in [0, 0.05) is 32.0 Å². The van der Waals surface area contributed by atoms with Crippen LogP contribution in [0.25, 0.3) is 0 Å². The molecule has 2 aliphatic rings. The van der Waals surface area contributed by atoms with Crippen molar-refractivity contribution in [1.29, 1.82) is 0 Å². The molecule has 0 unspecified atom stereocenters. The number of nitrogens with zero attached hydrogens (tertiary/aromatic N) is 3. The normalized spacial score (nSPS) is 21.1. The number of nitrogens with one attached hydrogen (secondary N) is 1. The summed E-state index contributed by atoms with van der Waals surface area (Å²) in [5, 5.41) is 6.98. The van der Waals surface area contributed by atoms with Crippen molar-refractivity contribution in [1.82, 2.24) is 20.4 Å². The van der Waals surface area contributed by atoms with E-state index < -0.39 is 0 Å². The third-order valence-electron chi connectivity index (χ3n) is 3.60. The minimum absolute atomic E-state index is 0.0836. The number of aryl methyl sites for hydroxylation is 1. The first kappa shape index (κ1) is 11.5. The molecule has 3 rings (SSSR count). The highest BCUT2D eigenvalue weighted by molar-refractivity contribution is 5.75. The molecule has 6 nitrogen and oxygen atoms in total. The molecule has 0 radical (unpaired) electrons. The number of hydrogen-bond acceptors (Lipinski definition) is 4. The highest BCUT2D eigenvalue weighted by Gasteiger charge is 2.29. The Bertz CT molecular complexity index is 433. The molecule has 1 N–H and O–H groups in total. The van der Waals surface area contributed by atoms with E-state index in [1.54, 1.807) is 6.92 Å². The quantitative estimate of drug-likeness (QED) is 0.862. The number of hydrogen-bond donors (Lipinski definition) is 1. The summed E-state index contributed by atoms with van der Waals surface area (Å²) in [5.74, 6) is 1.72. The van der Waals surface area contributed by atoms with Gasteiger partial charge in [0.15, 0.2) is 5.82 Å². The van der Waals surface area contributed by atoms with Crippen LogP contribution in [0.3, 0.4) is 0 Å². The Morgan fingerprint density at radius 3 is 2.61 bits per heavy atom. The van der Waals surface area contributed by atoms with Gasteiger partial charge in [-0.15, -0.1) is 0 Å². The lowest BCUT2D eigenvalue weighted by molar-refractivity contribution is 0.179. The van der Waals surface area contributed by atoms with Gasteiger partial charge in [-0.05, 0) is 25.7 Å². The van der Waals surface area contributed by atoms with Gasteiger partial charge in [0.2, 0.25) is 5.89 Å². The van der Waals surface area contributed by atoms with E-state index in [0.717, 1.165) is 44.6 Å². The van der Waals surface area contributed by atoms with Crippen LogP contribution in [0.4, 0.5) is 4.79 Å². The van der Waals surface area contributed by atoms with Crippen LogP contribution in [0, 0.1) is 6.92 Å². The largest absolute Gasteiger partial charge is 0.340 e. The molecule has 1 aromatic rings. The Morgan fingerprint density at radius 2 is 2.06 bits per heavy atom. The Labute approximate surface area is 106 Å². The monoisotopic (exact) mass is 250 g/mol. The molecule has 98 valence electrons. The topological polar surface area (TPSA) is 71.3 Å². The second-order valence-electron chi connectivity index (χ2n) is 5.16. The molecule has 0 atom stereocenters. The number of carbonyl (C=O) groups is 1. The fraction of sp³-hybridized carbons (Fsp3) is 0.750. The summed E-state index contributed by atoms with van der Waals surface area (Å²) in [4.78, 5) is 18.0. The second kappa shape index (κ2) is 4.59. The van der Waals surface area contributed by atoms with Gasteiger partial charge in [0.25, 0.3) is 0 Å². The summed E-state index contributed by atoms with van der Waals surface area (Å²) < 4.78 is 5.00. The van der Waals surface area contributed by atoms with Gasteiger partial charge in [0.1, 0.15) is 0 Å².